The quantitative estimate of drug-likeness (QED) is 0.555. The Morgan fingerprint density at radius 1 is 1.31 bits per heavy atom. The van der Waals surface area contributed by atoms with Gasteiger partial charge in [0.15, 0.2) is 0 Å². The Balaban J connectivity index is 1.90. The van der Waals surface area contributed by atoms with E-state index in [1.54, 1.807) is 11.8 Å². The molecule has 1 saturated heterocycles. The number of nitrogens with zero attached hydrogens (tertiary/aromatic N) is 1. The fourth-order valence-electron chi connectivity index (χ4n) is 3.06. The van der Waals surface area contributed by atoms with Gasteiger partial charge in [0.25, 0.3) is 0 Å². The highest BCUT2D eigenvalue weighted by Gasteiger charge is 2.28. The standard InChI is InChI=1S/C20H28ClNO4/c1-5-25-19(24)11-18(23)22-9-8-14(12-22)13-26-17-7-6-15(21)10-16(17)20(2,3)4/h6-7,10,14H,5,8-9,11-13H2,1-4H3. The fraction of sp³-hybridized carbons (Fsp3) is 0.600. The van der Waals surface area contributed by atoms with Crippen LogP contribution in [0.15, 0.2) is 18.2 Å². The molecule has 1 amide bonds. The van der Waals surface area contributed by atoms with E-state index in [4.69, 9.17) is 21.1 Å². The van der Waals surface area contributed by atoms with E-state index < -0.39 is 5.97 Å². The molecule has 0 aromatic heterocycles. The number of ether oxygens (including phenoxy) is 2. The number of carbonyl (C=O) groups is 2. The maximum Gasteiger partial charge on any atom is 0.315 e. The molecule has 1 aromatic carbocycles. The van der Waals surface area contributed by atoms with Gasteiger partial charge in [0.1, 0.15) is 12.2 Å². The highest BCUT2D eigenvalue weighted by atomic mass is 35.5. The summed E-state index contributed by atoms with van der Waals surface area (Å²) in [7, 11) is 0. The van der Waals surface area contributed by atoms with Crippen LogP contribution in [-0.2, 0) is 19.7 Å². The Hall–Kier alpha value is -1.75. The van der Waals surface area contributed by atoms with Crippen molar-refractivity contribution in [3.8, 4) is 5.75 Å². The lowest BCUT2D eigenvalue weighted by Gasteiger charge is -2.24. The first-order chi connectivity index (χ1) is 12.2. The fourth-order valence-corrected chi connectivity index (χ4v) is 3.24. The van der Waals surface area contributed by atoms with Crippen LogP contribution in [0.3, 0.4) is 0 Å². The molecule has 1 aliphatic heterocycles. The Labute approximate surface area is 160 Å². The molecule has 26 heavy (non-hydrogen) atoms. The number of amides is 1. The van der Waals surface area contributed by atoms with E-state index in [-0.39, 0.29) is 23.7 Å². The van der Waals surface area contributed by atoms with Crippen molar-refractivity contribution in [3.05, 3.63) is 28.8 Å². The molecule has 1 unspecified atom stereocenters. The van der Waals surface area contributed by atoms with E-state index in [0.29, 0.717) is 31.3 Å². The smallest absolute Gasteiger partial charge is 0.315 e. The molecule has 0 bridgehead atoms. The molecule has 0 spiro atoms. The number of hydrogen-bond donors (Lipinski definition) is 0. The van der Waals surface area contributed by atoms with E-state index in [0.717, 1.165) is 17.7 Å². The number of halogens is 1. The maximum absolute atomic E-state index is 12.1. The van der Waals surface area contributed by atoms with Gasteiger partial charge in [0.2, 0.25) is 5.91 Å². The van der Waals surface area contributed by atoms with Gasteiger partial charge in [-0.3, -0.25) is 9.59 Å². The van der Waals surface area contributed by atoms with Crippen LogP contribution in [0.4, 0.5) is 0 Å². The van der Waals surface area contributed by atoms with Crippen LogP contribution in [0.2, 0.25) is 5.02 Å². The molecule has 5 nitrogen and oxygen atoms in total. The summed E-state index contributed by atoms with van der Waals surface area (Å²) in [4.78, 5) is 25.3. The van der Waals surface area contributed by atoms with Gasteiger partial charge in [-0.1, -0.05) is 32.4 Å². The highest BCUT2D eigenvalue weighted by molar-refractivity contribution is 6.30. The highest BCUT2D eigenvalue weighted by Crippen LogP contribution is 2.34. The van der Waals surface area contributed by atoms with Gasteiger partial charge in [0, 0.05) is 29.6 Å². The number of carbonyl (C=O) groups excluding carboxylic acids is 2. The van der Waals surface area contributed by atoms with E-state index in [1.165, 1.54) is 0 Å². The Kier molecular flexibility index (Phi) is 6.93. The summed E-state index contributed by atoms with van der Waals surface area (Å²) >= 11 is 6.13. The normalized spacial score (nSPS) is 17.3. The minimum absolute atomic E-state index is 0.0719. The third-order valence-electron chi connectivity index (χ3n) is 4.46. The summed E-state index contributed by atoms with van der Waals surface area (Å²) in [6.45, 7) is 10.2. The molecule has 144 valence electrons. The average molecular weight is 382 g/mol. The third kappa shape index (κ3) is 5.63. The number of benzene rings is 1. The molecular weight excluding hydrogens is 354 g/mol. The molecule has 1 heterocycles. The summed E-state index contributed by atoms with van der Waals surface area (Å²) in [5, 5.41) is 0.693. The van der Waals surface area contributed by atoms with E-state index in [1.807, 2.05) is 18.2 Å². The van der Waals surface area contributed by atoms with Gasteiger partial charge >= 0.3 is 5.97 Å². The lowest BCUT2D eigenvalue weighted by atomic mass is 9.86. The summed E-state index contributed by atoms with van der Waals surface area (Å²) in [5.74, 6) is 0.448. The zero-order valence-corrected chi connectivity index (χ0v) is 16.8. The third-order valence-corrected chi connectivity index (χ3v) is 4.70. The van der Waals surface area contributed by atoms with Gasteiger partial charge in [-0.25, -0.2) is 0 Å². The number of esters is 1. The SMILES string of the molecule is CCOC(=O)CC(=O)N1CCC(COc2ccc(Cl)cc2C(C)(C)C)C1. The van der Waals surface area contributed by atoms with Crippen LogP contribution in [0.1, 0.15) is 46.1 Å². The maximum atomic E-state index is 12.1. The molecule has 0 aliphatic carbocycles. The summed E-state index contributed by atoms with van der Waals surface area (Å²) < 4.78 is 10.9. The second-order valence-corrected chi connectivity index (χ2v) is 8.11. The predicted molar refractivity (Wildman–Crippen MR) is 102 cm³/mol. The van der Waals surface area contributed by atoms with Crippen LogP contribution in [0, 0.1) is 5.92 Å². The average Bonchev–Trinajstić information content (AvgIpc) is 3.02. The van der Waals surface area contributed by atoms with Crippen LogP contribution in [0.5, 0.6) is 5.75 Å². The minimum atomic E-state index is -0.465. The molecule has 1 aromatic rings. The predicted octanol–water partition coefficient (Wildman–Crippen LogP) is 3.82. The zero-order chi connectivity index (χ0) is 19.3. The first-order valence-electron chi connectivity index (χ1n) is 9.07. The molecule has 0 saturated carbocycles. The van der Waals surface area contributed by atoms with Crippen molar-refractivity contribution in [1.82, 2.24) is 4.90 Å². The topological polar surface area (TPSA) is 55.8 Å². The molecule has 1 aliphatic rings. The largest absolute Gasteiger partial charge is 0.493 e. The molecule has 1 atom stereocenters. The van der Waals surface area contributed by atoms with Gasteiger partial charge in [-0.2, -0.15) is 0 Å². The van der Waals surface area contributed by atoms with Gasteiger partial charge < -0.3 is 14.4 Å². The number of rotatable bonds is 6. The van der Waals surface area contributed by atoms with Crippen molar-refractivity contribution in [2.75, 3.05) is 26.3 Å². The van der Waals surface area contributed by atoms with Crippen LogP contribution < -0.4 is 4.74 Å². The molecular formula is C20H28ClNO4. The van der Waals surface area contributed by atoms with Crippen LogP contribution in [0.25, 0.3) is 0 Å². The molecule has 2 rings (SSSR count). The molecule has 0 radical (unpaired) electrons. The Morgan fingerprint density at radius 3 is 2.69 bits per heavy atom. The van der Waals surface area contributed by atoms with E-state index in [9.17, 15) is 9.59 Å². The summed E-state index contributed by atoms with van der Waals surface area (Å²) in [6.07, 6.45) is 0.680. The van der Waals surface area contributed by atoms with Gasteiger partial charge in [0.05, 0.1) is 13.2 Å². The minimum Gasteiger partial charge on any atom is -0.493 e. The van der Waals surface area contributed by atoms with Crippen LogP contribution in [-0.4, -0.2) is 43.1 Å². The van der Waals surface area contributed by atoms with Gasteiger partial charge in [-0.05, 0) is 37.0 Å². The lowest BCUT2D eigenvalue weighted by molar-refractivity contribution is -0.148. The number of likely N-dealkylation sites (tertiary alicyclic amines) is 1. The van der Waals surface area contributed by atoms with E-state index >= 15 is 0 Å². The first kappa shape index (κ1) is 20.6. The lowest BCUT2D eigenvalue weighted by Crippen LogP contribution is -2.31. The van der Waals surface area contributed by atoms with Crippen molar-refractivity contribution in [3.63, 3.8) is 0 Å². The zero-order valence-electron chi connectivity index (χ0n) is 16.0. The summed E-state index contributed by atoms with van der Waals surface area (Å²) in [5.41, 5.74) is 0.996. The Morgan fingerprint density at radius 2 is 2.04 bits per heavy atom. The Bertz CT molecular complexity index is 654. The van der Waals surface area contributed by atoms with Crippen molar-refractivity contribution < 1.29 is 19.1 Å². The summed E-state index contributed by atoms with van der Waals surface area (Å²) in [6, 6.07) is 5.68. The van der Waals surface area contributed by atoms with Gasteiger partial charge in [-0.15, -0.1) is 0 Å². The van der Waals surface area contributed by atoms with Crippen molar-refractivity contribution >= 4 is 23.5 Å². The molecule has 0 N–H and O–H groups in total. The van der Waals surface area contributed by atoms with Crippen LogP contribution >= 0.6 is 11.6 Å². The second-order valence-electron chi connectivity index (χ2n) is 7.68. The van der Waals surface area contributed by atoms with Crippen molar-refractivity contribution in [2.24, 2.45) is 5.92 Å². The van der Waals surface area contributed by atoms with E-state index in [2.05, 4.69) is 20.8 Å². The second kappa shape index (κ2) is 8.76. The molecule has 6 heteroatoms. The van der Waals surface area contributed by atoms with Crippen molar-refractivity contribution in [2.45, 2.75) is 46.0 Å². The molecule has 1 fully saturated rings. The number of hydrogen-bond acceptors (Lipinski definition) is 4. The first-order valence-corrected chi connectivity index (χ1v) is 9.44. The monoisotopic (exact) mass is 381 g/mol. The van der Waals surface area contributed by atoms with Crippen molar-refractivity contribution in [1.29, 1.82) is 0 Å².